The summed E-state index contributed by atoms with van der Waals surface area (Å²) < 4.78 is 0. The molecule has 2 amide bonds. The summed E-state index contributed by atoms with van der Waals surface area (Å²) >= 11 is 0. The zero-order valence-electron chi connectivity index (χ0n) is 19.4. The van der Waals surface area contributed by atoms with E-state index in [9.17, 15) is 19.2 Å². The number of carbonyl (C=O) groups excluding carboxylic acids is 4. The molecule has 0 atom stereocenters. The highest BCUT2D eigenvalue weighted by Crippen LogP contribution is 1.92. The predicted octanol–water partition coefficient (Wildman–Crippen LogP) is -4.21. The van der Waals surface area contributed by atoms with Gasteiger partial charge in [-0.1, -0.05) is 0 Å². The minimum atomic E-state index is -0.265. The van der Waals surface area contributed by atoms with E-state index >= 15 is 0 Å². The molecule has 0 heterocycles. The first kappa shape index (κ1) is 30.9. The van der Waals surface area contributed by atoms with E-state index in [1.165, 1.54) is 23.6 Å². The van der Waals surface area contributed by atoms with Crippen LogP contribution in [0.3, 0.4) is 0 Å². The van der Waals surface area contributed by atoms with Crippen molar-refractivity contribution in [3.63, 3.8) is 0 Å². The van der Waals surface area contributed by atoms with Gasteiger partial charge < -0.3 is 43.4 Å². The third-order valence-electron chi connectivity index (χ3n) is 3.59. The molecule has 10 N–H and O–H groups in total. The molecule has 32 heavy (non-hydrogen) atoms. The number of carbonyl (C=O) groups is 4. The fraction of sp³-hybridized carbons (Fsp3) is 0.667. The first-order chi connectivity index (χ1) is 14.9. The van der Waals surface area contributed by atoms with E-state index in [0.29, 0.717) is 26.2 Å². The van der Waals surface area contributed by atoms with Gasteiger partial charge >= 0.3 is 0 Å². The second-order valence-corrected chi connectivity index (χ2v) is 6.72. The first-order valence-corrected chi connectivity index (χ1v) is 9.88. The third kappa shape index (κ3) is 18.7. The van der Waals surface area contributed by atoms with Crippen LogP contribution in [0.15, 0.2) is 9.98 Å². The summed E-state index contributed by atoms with van der Waals surface area (Å²) in [7, 11) is 3.54. The Bertz CT molecular complexity index is 602. The Balaban J connectivity index is 0. The molecule has 0 saturated heterocycles. The maximum atomic E-state index is 11.6. The van der Waals surface area contributed by atoms with Crippen LogP contribution in [0.4, 0.5) is 0 Å². The first-order valence-electron chi connectivity index (χ1n) is 9.88. The van der Waals surface area contributed by atoms with E-state index in [1.807, 2.05) is 0 Å². The lowest BCUT2D eigenvalue weighted by Gasteiger charge is -2.20. The maximum absolute atomic E-state index is 11.6. The van der Waals surface area contributed by atoms with E-state index in [-0.39, 0.29) is 61.5 Å². The summed E-state index contributed by atoms with van der Waals surface area (Å²) in [4.78, 5) is 55.2. The number of amides is 2. The molecule has 0 spiro atoms. The smallest absolute Gasteiger partial charge is 0.244 e. The number of hydrogen-bond acceptors (Lipinski definition) is 8. The van der Waals surface area contributed by atoms with Gasteiger partial charge in [0.15, 0.2) is 11.9 Å². The van der Waals surface area contributed by atoms with E-state index in [1.54, 1.807) is 14.1 Å². The van der Waals surface area contributed by atoms with Crippen LogP contribution in [0.5, 0.6) is 0 Å². The van der Waals surface area contributed by atoms with Crippen molar-refractivity contribution in [2.24, 2.45) is 32.9 Å². The second-order valence-electron chi connectivity index (χ2n) is 6.72. The lowest BCUT2D eigenvalue weighted by Crippen LogP contribution is -2.40. The van der Waals surface area contributed by atoms with Crippen molar-refractivity contribution in [1.29, 1.82) is 0 Å². The van der Waals surface area contributed by atoms with Crippen LogP contribution in [0.2, 0.25) is 0 Å². The normalized spacial score (nSPS) is 9.62. The van der Waals surface area contributed by atoms with Crippen LogP contribution < -0.4 is 33.6 Å². The molecule has 0 aromatic heterocycles. The summed E-state index contributed by atoms with van der Waals surface area (Å²) in [5.74, 6) is -0.949. The van der Waals surface area contributed by atoms with Crippen molar-refractivity contribution in [3.05, 3.63) is 0 Å². The van der Waals surface area contributed by atoms with Crippen molar-refractivity contribution in [2.75, 3.05) is 66.5 Å². The van der Waals surface area contributed by atoms with Gasteiger partial charge in [-0.05, 0) is 27.9 Å². The van der Waals surface area contributed by atoms with Crippen LogP contribution in [-0.4, -0.2) is 112 Å². The second kappa shape index (κ2) is 18.5. The van der Waals surface area contributed by atoms with Gasteiger partial charge in [0.2, 0.25) is 11.8 Å². The maximum Gasteiger partial charge on any atom is 0.244 e. The van der Waals surface area contributed by atoms with Gasteiger partial charge in [-0.15, -0.1) is 0 Å². The molecule has 14 heteroatoms. The molecule has 0 radical (unpaired) electrons. The molecule has 0 unspecified atom stereocenters. The largest absolute Gasteiger partial charge is 0.370 e. The Kier molecular flexibility index (Phi) is 17.9. The number of nitrogens with two attached hydrogens (primary N) is 4. The highest BCUT2D eigenvalue weighted by molar-refractivity contribution is 5.88. The number of rotatable bonds is 14. The van der Waals surface area contributed by atoms with Crippen molar-refractivity contribution in [3.8, 4) is 0 Å². The summed E-state index contributed by atoms with van der Waals surface area (Å²) in [6.45, 7) is 4.91. The molecular weight excluding hydrogens is 420 g/mol. The predicted molar refractivity (Wildman–Crippen MR) is 124 cm³/mol. The van der Waals surface area contributed by atoms with E-state index < -0.39 is 0 Å². The lowest BCUT2D eigenvalue weighted by molar-refractivity contribution is -0.133. The van der Waals surface area contributed by atoms with Gasteiger partial charge in [-0.3, -0.25) is 19.2 Å². The SMILES string of the molecule is CNCCN(CC(C)=O)C(=O)CN=C(N)N.CNCCN(CC(C)=O)C(=O)CN=C(N)N. The summed E-state index contributed by atoms with van der Waals surface area (Å²) in [5, 5.41) is 5.80. The molecule has 0 aromatic carbocycles. The van der Waals surface area contributed by atoms with Crippen LogP contribution in [0, 0.1) is 0 Å². The fourth-order valence-corrected chi connectivity index (χ4v) is 2.13. The van der Waals surface area contributed by atoms with Crippen molar-refractivity contribution < 1.29 is 19.2 Å². The molecule has 14 nitrogen and oxygen atoms in total. The number of hydrogen-bond donors (Lipinski definition) is 6. The van der Waals surface area contributed by atoms with E-state index in [2.05, 4.69) is 20.6 Å². The molecule has 0 aromatic rings. The Morgan fingerprint density at radius 2 is 1.00 bits per heavy atom. The fourth-order valence-electron chi connectivity index (χ4n) is 2.13. The highest BCUT2D eigenvalue weighted by atomic mass is 16.2. The van der Waals surface area contributed by atoms with Crippen molar-refractivity contribution in [1.82, 2.24) is 20.4 Å². The molecule has 0 rings (SSSR count). The monoisotopic (exact) mass is 458 g/mol. The van der Waals surface area contributed by atoms with Crippen molar-refractivity contribution >= 4 is 35.3 Å². The minimum absolute atomic E-state index is 0.0749. The Hall–Kier alpha value is -3.26. The Morgan fingerprint density at radius 1 is 0.688 bits per heavy atom. The van der Waals surface area contributed by atoms with Crippen LogP contribution in [-0.2, 0) is 19.2 Å². The van der Waals surface area contributed by atoms with Gasteiger partial charge in [0.05, 0.1) is 13.1 Å². The molecular formula is C18H38N10O4. The van der Waals surface area contributed by atoms with Gasteiger partial charge in [-0.2, -0.15) is 0 Å². The Labute approximate surface area is 188 Å². The van der Waals surface area contributed by atoms with Crippen LogP contribution in [0.25, 0.3) is 0 Å². The van der Waals surface area contributed by atoms with E-state index in [4.69, 9.17) is 22.9 Å². The van der Waals surface area contributed by atoms with Crippen molar-refractivity contribution in [2.45, 2.75) is 13.8 Å². The Morgan fingerprint density at radius 3 is 1.22 bits per heavy atom. The quantitative estimate of drug-likeness (QED) is 0.108. The van der Waals surface area contributed by atoms with Crippen LogP contribution in [0.1, 0.15) is 13.8 Å². The van der Waals surface area contributed by atoms with E-state index in [0.717, 1.165) is 0 Å². The third-order valence-corrected chi connectivity index (χ3v) is 3.59. The molecule has 0 bridgehead atoms. The average Bonchev–Trinajstić information content (AvgIpc) is 2.70. The van der Waals surface area contributed by atoms with Gasteiger partial charge in [-0.25, -0.2) is 9.98 Å². The van der Waals surface area contributed by atoms with Gasteiger partial charge in [0, 0.05) is 26.2 Å². The number of aliphatic imine (C=N–C) groups is 2. The zero-order chi connectivity index (χ0) is 25.1. The molecule has 0 saturated carbocycles. The summed E-state index contributed by atoms with van der Waals surface area (Å²) in [5.41, 5.74) is 20.5. The molecule has 0 aliphatic heterocycles. The zero-order valence-corrected chi connectivity index (χ0v) is 19.4. The number of likely N-dealkylation sites (N-methyl/N-ethyl adjacent to an activating group) is 2. The standard InChI is InChI=1S/2C9H19N5O2/c2*1-7(15)6-14(4-3-12-2)8(16)5-13-9(10)11/h2*12H,3-6H2,1-2H3,(H4,10,11,13). The lowest BCUT2D eigenvalue weighted by atomic mass is 10.3. The number of Topliss-reactive ketones (excluding diaryl/α,β-unsaturated/α-hetero) is 2. The highest BCUT2D eigenvalue weighted by Gasteiger charge is 2.15. The topological polar surface area (TPSA) is 228 Å². The summed E-state index contributed by atoms with van der Waals surface area (Å²) in [6.07, 6.45) is 0. The van der Waals surface area contributed by atoms with Gasteiger partial charge in [0.25, 0.3) is 0 Å². The number of guanidine groups is 2. The number of ketones is 2. The minimum Gasteiger partial charge on any atom is -0.370 e. The number of nitrogens with zero attached hydrogens (tertiary/aromatic N) is 4. The molecule has 0 fully saturated rings. The number of nitrogens with one attached hydrogen (secondary N) is 2. The van der Waals surface area contributed by atoms with Crippen LogP contribution >= 0.6 is 0 Å². The molecule has 184 valence electrons. The summed E-state index contributed by atoms with van der Waals surface area (Å²) in [6, 6.07) is 0. The molecule has 0 aliphatic rings. The average molecular weight is 459 g/mol. The molecule has 0 aliphatic carbocycles. The van der Waals surface area contributed by atoms with Gasteiger partial charge in [0.1, 0.15) is 24.7 Å².